The van der Waals surface area contributed by atoms with Crippen LogP contribution in [0.1, 0.15) is 5.01 Å². The van der Waals surface area contributed by atoms with E-state index in [0.29, 0.717) is 13.0 Å². The summed E-state index contributed by atoms with van der Waals surface area (Å²) in [5.74, 6) is 0.754. The number of ether oxygens (including phenoxy) is 1. The first kappa shape index (κ1) is 13.2. The Balaban J connectivity index is 1.95. The fourth-order valence-corrected chi connectivity index (χ4v) is 2.86. The Labute approximate surface area is 120 Å². The Bertz CT molecular complexity index is 689. The van der Waals surface area contributed by atoms with Crippen molar-refractivity contribution in [3.05, 3.63) is 35.3 Å². The van der Waals surface area contributed by atoms with E-state index in [2.05, 4.69) is 15.3 Å². The normalized spacial score (nSPS) is 12.9. The van der Waals surface area contributed by atoms with Gasteiger partial charge in [-0.15, -0.1) is 10.2 Å². The minimum Gasteiger partial charge on any atom is -0.380 e. The van der Waals surface area contributed by atoms with Crippen molar-refractivity contribution < 1.29 is 4.74 Å². The van der Waals surface area contributed by atoms with Gasteiger partial charge in [0.05, 0.1) is 6.10 Å². The lowest BCUT2D eigenvalue weighted by Gasteiger charge is -2.09. The van der Waals surface area contributed by atoms with Gasteiger partial charge in [0, 0.05) is 25.6 Å². The minimum atomic E-state index is -0.0148. The molecule has 1 unspecified atom stereocenters. The maximum absolute atomic E-state index is 5.64. The van der Waals surface area contributed by atoms with Gasteiger partial charge in [0.2, 0.25) is 4.96 Å². The summed E-state index contributed by atoms with van der Waals surface area (Å²) in [6.45, 7) is 0.474. The van der Waals surface area contributed by atoms with Crippen LogP contribution in [0.15, 0.2) is 30.3 Å². The third-order valence-corrected chi connectivity index (χ3v) is 3.98. The number of hydrogen-bond donors (Lipinski definition) is 1. The first-order chi connectivity index (χ1) is 9.81. The zero-order chi connectivity index (χ0) is 13.9. The molecular formula is C13H15N5OS. The molecule has 6 nitrogen and oxygen atoms in total. The molecule has 2 aromatic heterocycles. The van der Waals surface area contributed by atoms with Crippen molar-refractivity contribution in [2.24, 2.45) is 5.73 Å². The van der Waals surface area contributed by atoms with Crippen LogP contribution in [0.2, 0.25) is 0 Å². The molecule has 0 spiro atoms. The third kappa shape index (κ3) is 2.43. The quantitative estimate of drug-likeness (QED) is 0.767. The Morgan fingerprint density at radius 3 is 2.80 bits per heavy atom. The van der Waals surface area contributed by atoms with Crippen LogP contribution in [0.25, 0.3) is 16.3 Å². The fourth-order valence-electron chi connectivity index (χ4n) is 1.96. The van der Waals surface area contributed by atoms with E-state index in [-0.39, 0.29) is 6.10 Å². The highest BCUT2D eigenvalue weighted by Gasteiger charge is 2.15. The molecule has 3 aromatic rings. The van der Waals surface area contributed by atoms with E-state index < -0.39 is 0 Å². The predicted octanol–water partition coefficient (Wildman–Crippen LogP) is 1.37. The largest absolute Gasteiger partial charge is 0.380 e. The Hall–Kier alpha value is -1.83. The molecule has 20 heavy (non-hydrogen) atoms. The lowest BCUT2D eigenvalue weighted by molar-refractivity contribution is 0.110. The van der Waals surface area contributed by atoms with Crippen LogP contribution >= 0.6 is 11.3 Å². The lowest BCUT2D eigenvalue weighted by Crippen LogP contribution is -2.24. The molecule has 0 amide bonds. The van der Waals surface area contributed by atoms with Gasteiger partial charge < -0.3 is 10.5 Å². The molecule has 0 aliphatic rings. The van der Waals surface area contributed by atoms with Crippen LogP contribution in [0.3, 0.4) is 0 Å². The van der Waals surface area contributed by atoms with Gasteiger partial charge in [0.15, 0.2) is 5.82 Å². The van der Waals surface area contributed by atoms with E-state index in [1.165, 1.54) is 11.3 Å². The van der Waals surface area contributed by atoms with Crippen molar-refractivity contribution in [1.29, 1.82) is 0 Å². The number of nitrogens with two attached hydrogens (primary N) is 1. The van der Waals surface area contributed by atoms with Crippen molar-refractivity contribution in [3.63, 3.8) is 0 Å². The van der Waals surface area contributed by atoms with Crippen LogP contribution in [-0.2, 0) is 11.2 Å². The van der Waals surface area contributed by atoms with Crippen molar-refractivity contribution in [2.45, 2.75) is 12.5 Å². The highest BCUT2D eigenvalue weighted by atomic mass is 32.1. The monoisotopic (exact) mass is 289 g/mol. The fraction of sp³-hybridized carbons (Fsp3) is 0.308. The Morgan fingerprint density at radius 2 is 2.10 bits per heavy atom. The summed E-state index contributed by atoms with van der Waals surface area (Å²) in [5.41, 5.74) is 6.64. The zero-order valence-corrected chi connectivity index (χ0v) is 11.9. The molecular weight excluding hydrogens is 274 g/mol. The van der Waals surface area contributed by atoms with E-state index in [1.807, 2.05) is 30.3 Å². The zero-order valence-electron chi connectivity index (χ0n) is 11.1. The van der Waals surface area contributed by atoms with E-state index >= 15 is 0 Å². The third-order valence-electron chi connectivity index (χ3n) is 3.06. The number of methoxy groups -OCH3 is 1. The van der Waals surface area contributed by atoms with Gasteiger partial charge in [-0.1, -0.05) is 41.7 Å². The van der Waals surface area contributed by atoms with Crippen LogP contribution in [-0.4, -0.2) is 39.6 Å². The van der Waals surface area contributed by atoms with Gasteiger partial charge >= 0.3 is 0 Å². The van der Waals surface area contributed by atoms with Crippen LogP contribution in [0, 0.1) is 0 Å². The van der Waals surface area contributed by atoms with Gasteiger partial charge in [-0.25, -0.2) is 0 Å². The van der Waals surface area contributed by atoms with Gasteiger partial charge in [0.25, 0.3) is 0 Å². The van der Waals surface area contributed by atoms with Gasteiger partial charge in [0.1, 0.15) is 5.01 Å². The molecule has 1 atom stereocenters. The smallest absolute Gasteiger partial charge is 0.234 e. The van der Waals surface area contributed by atoms with E-state index in [0.717, 1.165) is 21.4 Å². The molecule has 1 aromatic carbocycles. The molecule has 0 fully saturated rings. The molecule has 0 saturated heterocycles. The van der Waals surface area contributed by atoms with Crippen molar-refractivity contribution in [1.82, 2.24) is 19.8 Å². The predicted molar refractivity (Wildman–Crippen MR) is 77.7 cm³/mol. The van der Waals surface area contributed by atoms with Crippen molar-refractivity contribution in [2.75, 3.05) is 13.7 Å². The van der Waals surface area contributed by atoms with Gasteiger partial charge in [-0.2, -0.15) is 9.61 Å². The number of aromatic nitrogens is 4. The summed E-state index contributed by atoms with van der Waals surface area (Å²) in [4.78, 5) is 0.783. The molecule has 2 heterocycles. The summed E-state index contributed by atoms with van der Waals surface area (Å²) < 4.78 is 7.06. The number of benzene rings is 1. The molecule has 7 heteroatoms. The van der Waals surface area contributed by atoms with Crippen LogP contribution in [0.4, 0.5) is 0 Å². The number of hydrogen-bond acceptors (Lipinski definition) is 6. The first-order valence-electron chi connectivity index (χ1n) is 6.31. The highest BCUT2D eigenvalue weighted by Crippen LogP contribution is 2.22. The molecule has 2 N–H and O–H groups in total. The van der Waals surface area contributed by atoms with Crippen LogP contribution in [0.5, 0.6) is 0 Å². The minimum absolute atomic E-state index is 0.0148. The van der Waals surface area contributed by atoms with Crippen molar-refractivity contribution in [3.8, 4) is 11.4 Å². The van der Waals surface area contributed by atoms with E-state index in [9.17, 15) is 0 Å². The second kappa shape index (κ2) is 5.66. The molecule has 0 aliphatic carbocycles. The summed E-state index contributed by atoms with van der Waals surface area (Å²) in [6.07, 6.45) is 0.675. The maximum atomic E-state index is 5.64. The molecule has 3 rings (SSSR count). The van der Waals surface area contributed by atoms with Crippen LogP contribution < -0.4 is 5.73 Å². The maximum Gasteiger partial charge on any atom is 0.234 e. The number of rotatable bonds is 5. The molecule has 0 saturated carbocycles. The number of nitrogens with zero attached hydrogens (tertiary/aromatic N) is 4. The summed E-state index contributed by atoms with van der Waals surface area (Å²) in [5, 5.41) is 13.9. The summed E-state index contributed by atoms with van der Waals surface area (Å²) in [6, 6.07) is 9.90. The summed E-state index contributed by atoms with van der Waals surface area (Å²) in [7, 11) is 1.66. The van der Waals surface area contributed by atoms with Gasteiger partial charge in [-0.3, -0.25) is 0 Å². The second-order valence-electron chi connectivity index (χ2n) is 4.38. The van der Waals surface area contributed by atoms with E-state index in [4.69, 9.17) is 10.5 Å². The Kier molecular flexibility index (Phi) is 3.72. The summed E-state index contributed by atoms with van der Waals surface area (Å²) >= 11 is 1.51. The average Bonchev–Trinajstić information content (AvgIpc) is 3.05. The van der Waals surface area contributed by atoms with Crippen molar-refractivity contribution >= 4 is 16.3 Å². The van der Waals surface area contributed by atoms with E-state index in [1.54, 1.807) is 11.6 Å². The average molecular weight is 289 g/mol. The molecule has 0 aliphatic heterocycles. The van der Waals surface area contributed by atoms with Gasteiger partial charge in [-0.05, 0) is 0 Å². The molecule has 0 radical (unpaired) electrons. The highest BCUT2D eigenvalue weighted by molar-refractivity contribution is 7.16. The SMILES string of the molecule is COC(CN)Cc1nn2c(-c3ccccc3)nnc2s1. The molecule has 0 bridgehead atoms. The molecule has 104 valence electrons. The first-order valence-corrected chi connectivity index (χ1v) is 7.13. The second-order valence-corrected chi connectivity index (χ2v) is 5.42. The Morgan fingerprint density at radius 1 is 1.30 bits per heavy atom. The number of fused-ring (bicyclic) bond motifs is 1. The lowest BCUT2D eigenvalue weighted by atomic mass is 10.2. The standard InChI is InChI=1S/C13H15N5OS/c1-19-10(8-14)7-11-17-18-12(15-16-13(18)20-11)9-5-3-2-4-6-9/h2-6,10H,7-8,14H2,1H3. The topological polar surface area (TPSA) is 78.3 Å².